The van der Waals surface area contributed by atoms with Crippen molar-refractivity contribution in [2.45, 2.75) is 82.5 Å². The molecule has 1 saturated carbocycles. The Kier molecular flexibility index (Phi) is 10.0. The highest BCUT2D eigenvalue weighted by Gasteiger charge is 2.62. The van der Waals surface area contributed by atoms with Crippen molar-refractivity contribution in [1.82, 2.24) is 20.7 Å². The fourth-order valence-electron chi connectivity index (χ4n) is 6.04. The second kappa shape index (κ2) is 14.1. The van der Waals surface area contributed by atoms with Crippen molar-refractivity contribution in [3.05, 3.63) is 69.6 Å². The molecule has 2 aliphatic heterocycles. The maximum absolute atomic E-state index is 14.2. The van der Waals surface area contributed by atoms with Gasteiger partial charge >= 0.3 is 11.9 Å². The molecule has 0 spiro atoms. The number of nitrogens with one attached hydrogen (secondary N) is 2. The Morgan fingerprint density at radius 1 is 1.19 bits per heavy atom. The molecule has 47 heavy (non-hydrogen) atoms. The summed E-state index contributed by atoms with van der Waals surface area (Å²) in [6.07, 6.45) is 6.39. The second-order valence-corrected chi connectivity index (χ2v) is 12.0. The molecule has 3 aliphatic rings. The lowest BCUT2D eigenvalue weighted by Gasteiger charge is -2.29. The number of non-ortho nitro benzene ring substituents is 1. The molecular formula is C32H37N5O10. The van der Waals surface area contributed by atoms with Gasteiger partial charge in [0, 0.05) is 30.5 Å². The summed E-state index contributed by atoms with van der Waals surface area (Å²) in [5, 5.41) is 20.3. The van der Waals surface area contributed by atoms with E-state index in [0.29, 0.717) is 18.6 Å². The Labute approximate surface area is 270 Å². The van der Waals surface area contributed by atoms with E-state index in [9.17, 15) is 34.1 Å². The van der Waals surface area contributed by atoms with Crippen molar-refractivity contribution in [2.24, 2.45) is 5.92 Å². The Hall–Kier alpha value is -5.08. The highest BCUT2D eigenvalue weighted by molar-refractivity contribution is 5.99. The van der Waals surface area contributed by atoms with Crippen LogP contribution < -0.4 is 10.6 Å². The largest absolute Gasteiger partial charge is 0.464 e. The zero-order valence-corrected chi connectivity index (χ0v) is 26.1. The van der Waals surface area contributed by atoms with Gasteiger partial charge in [-0.1, -0.05) is 30.2 Å². The summed E-state index contributed by atoms with van der Waals surface area (Å²) in [5.41, 5.74) is -1.44. The van der Waals surface area contributed by atoms with Crippen molar-refractivity contribution in [2.75, 3.05) is 13.2 Å². The van der Waals surface area contributed by atoms with E-state index in [-0.39, 0.29) is 48.9 Å². The van der Waals surface area contributed by atoms with Gasteiger partial charge in [-0.25, -0.2) is 9.59 Å². The molecule has 0 radical (unpaired) electrons. The minimum atomic E-state index is -1.29. The van der Waals surface area contributed by atoms with Crippen LogP contribution in [-0.2, 0) is 23.9 Å². The molecule has 1 unspecified atom stereocenters. The highest BCUT2D eigenvalue weighted by Crippen LogP contribution is 2.46. The van der Waals surface area contributed by atoms with Gasteiger partial charge in [0.05, 0.1) is 23.6 Å². The van der Waals surface area contributed by atoms with E-state index < -0.39 is 58.3 Å². The molecule has 2 aromatic rings. The molecule has 250 valence electrons. The van der Waals surface area contributed by atoms with E-state index in [1.165, 1.54) is 35.2 Å². The van der Waals surface area contributed by atoms with Gasteiger partial charge in [-0.15, -0.1) is 0 Å². The molecule has 5 atom stereocenters. The van der Waals surface area contributed by atoms with E-state index in [1.54, 1.807) is 13.8 Å². The molecule has 15 nitrogen and oxygen atoms in total. The molecule has 2 N–H and O–H groups in total. The number of aryl methyl sites for hydroxylation is 1. The summed E-state index contributed by atoms with van der Waals surface area (Å²) in [6.45, 7) is 3.26. The summed E-state index contributed by atoms with van der Waals surface area (Å²) in [5.74, 6) is -3.03. The van der Waals surface area contributed by atoms with E-state index in [4.69, 9.17) is 14.0 Å². The van der Waals surface area contributed by atoms with Crippen LogP contribution in [0.2, 0.25) is 0 Å². The third kappa shape index (κ3) is 7.50. The molecule has 3 amide bonds. The van der Waals surface area contributed by atoms with Crippen LogP contribution >= 0.6 is 0 Å². The quantitative estimate of drug-likeness (QED) is 0.193. The van der Waals surface area contributed by atoms with Gasteiger partial charge in [0.15, 0.2) is 5.69 Å². The van der Waals surface area contributed by atoms with E-state index >= 15 is 0 Å². The molecule has 5 rings (SSSR count). The molecule has 1 aromatic heterocycles. The number of nitro benzene ring substituents is 1. The number of rotatable bonds is 7. The van der Waals surface area contributed by atoms with Gasteiger partial charge in [0.25, 0.3) is 11.6 Å². The van der Waals surface area contributed by atoms with E-state index in [0.717, 1.165) is 19.3 Å². The van der Waals surface area contributed by atoms with E-state index in [2.05, 4.69) is 15.8 Å². The number of carbonyl (C=O) groups is 5. The number of carbonyl (C=O) groups excluding carboxylic acids is 5. The maximum atomic E-state index is 14.2. The number of fused-ring (bicyclic) bond motifs is 2. The average molecular weight is 652 g/mol. The van der Waals surface area contributed by atoms with Crippen LogP contribution in [0.1, 0.15) is 78.5 Å². The highest BCUT2D eigenvalue weighted by atomic mass is 16.6. The normalized spacial score (nSPS) is 26.8. The fraction of sp³-hybridized carbons (Fsp3) is 0.500. The Bertz CT molecular complexity index is 1570. The molecule has 1 saturated heterocycles. The van der Waals surface area contributed by atoms with Crippen molar-refractivity contribution < 1.29 is 42.9 Å². The number of benzene rings is 1. The molecule has 1 aliphatic carbocycles. The van der Waals surface area contributed by atoms with Crippen molar-refractivity contribution in [3.8, 4) is 0 Å². The van der Waals surface area contributed by atoms with Crippen molar-refractivity contribution in [3.63, 3.8) is 0 Å². The number of nitro groups is 1. The zero-order valence-electron chi connectivity index (χ0n) is 26.1. The Balaban J connectivity index is 1.42. The Morgan fingerprint density at radius 2 is 1.96 bits per heavy atom. The standard InChI is InChI=1S/C32H37N5O10/c1-3-45-31(42)32-17-21(32)9-7-5-4-6-8-10-24(33-27(38)25-15-19(2)47-35-25)29(40)36-18-23(16-26(36)28(39)34-32)46-30(41)20-11-13-22(14-12-20)37(43)44/h7,9,11-15,21,23-24,26H,3-6,8,10,16-18H2,1-2H3,(H,33,38)(H,34,39)/b9-7-/t21?,23-,24+,26+,32-/m1/s1. The molecule has 2 fully saturated rings. The lowest BCUT2D eigenvalue weighted by atomic mass is 10.0. The SMILES string of the molecule is CCOC(=O)[C@@]12CC1/C=C\CCCCC[C@H](NC(=O)c1cc(C)on1)C(=O)N1C[C@H](OC(=O)c3ccc([N+](=O)[O-])cc3)C[C@H]1C(=O)N2. The van der Waals surface area contributed by atoms with Gasteiger partial charge in [-0.3, -0.25) is 24.5 Å². The number of esters is 2. The van der Waals surface area contributed by atoms with Gasteiger partial charge in [0.1, 0.15) is 29.5 Å². The van der Waals surface area contributed by atoms with Crippen LogP contribution in [0.3, 0.4) is 0 Å². The number of allylic oxidation sites excluding steroid dienone is 1. The fourth-order valence-corrected chi connectivity index (χ4v) is 6.04. The van der Waals surface area contributed by atoms with Crippen LogP contribution in [0.4, 0.5) is 5.69 Å². The summed E-state index contributed by atoms with van der Waals surface area (Å²) in [4.78, 5) is 78.9. The minimum absolute atomic E-state index is 0.00176. The van der Waals surface area contributed by atoms with Gasteiger partial charge in [-0.2, -0.15) is 0 Å². The monoisotopic (exact) mass is 651 g/mol. The lowest BCUT2D eigenvalue weighted by molar-refractivity contribution is -0.384. The first-order chi connectivity index (χ1) is 22.5. The lowest BCUT2D eigenvalue weighted by Crippen LogP contribution is -2.56. The summed E-state index contributed by atoms with van der Waals surface area (Å²) in [6, 6.07) is 4.12. The zero-order chi connectivity index (χ0) is 33.7. The first-order valence-electron chi connectivity index (χ1n) is 15.7. The topological polar surface area (TPSA) is 200 Å². The maximum Gasteiger partial charge on any atom is 0.338 e. The third-order valence-corrected chi connectivity index (χ3v) is 8.63. The molecule has 0 bridgehead atoms. The number of amides is 3. The van der Waals surface area contributed by atoms with Crippen LogP contribution in [0.5, 0.6) is 0 Å². The third-order valence-electron chi connectivity index (χ3n) is 8.63. The number of aromatic nitrogens is 1. The summed E-state index contributed by atoms with van der Waals surface area (Å²) < 4.78 is 16.0. The average Bonchev–Trinajstić information content (AvgIpc) is 3.32. The number of hydrogen-bond donors (Lipinski definition) is 2. The van der Waals surface area contributed by atoms with Crippen molar-refractivity contribution in [1.29, 1.82) is 0 Å². The van der Waals surface area contributed by atoms with Gasteiger partial charge in [0.2, 0.25) is 11.8 Å². The Morgan fingerprint density at radius 3 is 2.64 bits per heavy atom. The first kappa shape index (κ1) is 33.3. The minimum Gasteiger partial charge on any atom is -0.464 e. The molecule has 15 heteroatoms. The van der Waals surface area contributed by atoms with E-state index in [1.807, 2.05) is 12.2 Å². The molecule has 3 heterocycles. The van der Waals surface area contributed by atoms with Crippen LogP contribution in [0.15, 0.2) is 47.0 Å². The number of ether oxygens (including phenoxy) is 2. The van der Waals surface area contributed by atoms with Gasteiger partial charge in [-0.05, 0) is 51.7 Å². The van der Waals surface area contributed by atoms with Crippen LogP contribution in [0.25, 0.3) is 0 Å². The predicted octanol–water partition coefficient (Wildman–Crippen LogP) is 2.77. The number of hydrogen-bond acceptors (Lipinski definition) is 11. The summed E-state index contributed by atoms with van der Waals surface area (Å²) >= 11 is 0. The molecule has 1 aromatic carbocycles. The predicted molar refractivity (Wildman–Crippen MR) is 163 cm³/mol. The summed E-state index contributed by atoms with van der Waals surface area (Å²) in [7, 11) is 0. The second-order valence-electron chi connectivity index (χ2n) is 12.0. The molecular weight excluding hydrogens is 614 g/mol. The van der Waals surface area contributed by atoms with Crippen LogP contribution in [0, 0.1) is 23.0 Å². The smallest absolute Gasteiger partial charge is 0.338 e. The van der Waals surface area contributed by atoms with Gasteiger partial charge < -0.3 is 29.5 Å². The van der Waals surface area contributed by atoms with Crippen LogP contribution in [-0.4, -0.2) is 81.5 Å². The number of nitrogens with zero attached hydrogens (tertiary/aromatic N) is 3. The first-order valence-corrected chi connectivity index (χ1v) is 15.7. The van der Waals surface area contributed by atoms with Crippen molar-refractivity contribution >= 4 is 35.3 Å².